The molecule has 0 heterocycles. The highest BCUT2D eigenvalue weighted by molar-refractivity contribution is 7.92. The van der Waals surface area contributed by atoms with Crippen LogP contribution >= 0.6 is 23.2 Å². The molecule has 0 saturated heterocycles. The van der Waals surface area contributed by atoms with Gasteiger partial charge in [0.15, 0.2) is 11.5 Å². The van der Waals surface area contributed by atoms with Crippen molar-refractivity contribution in [1.29, 1.82) is 0 Å². The largest absolute Gasteiger partial charge is 0.493 e. The predicted octanol–water partition coefficient (Wildman–Crippen LogP) is 5.37. The second-order valence-electron chi connectivity index (χ2n) is 7.20. The maximum absolute atomic E-state index is 14.4. The molecule has 0 aromatic heterocycles. The summed E-state index contributed by atoms with van der Waals surface area (Å²) in [6.07, 6.45) is 0.961. The van der Waals surface area contributed by atoms with Crippen molar-refractivity contribution in [2.75, 3.05) is 30.1 Å². The van der Waals surface area contributed by atoms with Gasteiger partial charge in [-0.2, -0.15) is 0 Å². The van der Waals surface area contributed by atoms with Crippen LogP contribution in [0.1, 0.15) is 15.9 Å². The van der Waals surface area contributed by atoms with Crippen molar-refractivity contribution in [3.05, 3.63) is 81.6 Å². The topological polar surface area (TPSA) is 84.9 Å². The molecular weight excluding hydrogens is 506 g/mol. The standard InChI is InChI=1S/C23H21Cl2FN2O5S/c1-32-21-11-18(23(29)27-17-9-15(24)8-16(25)10-17)20(12-22(21)33-2)28(34(3,30)31)13-14-6-4-5-7-19(14)26/h4-12H,13H2,1-3H3,(H,27,29). The van der Waals surface area contributed by atoms with Crippen LogP contribution in [0.4, 0.5) is 15.8 Å². The van der Waals surface area contributed by atoms with Gasteiger partial charge in [0.2, 0.25) is 10.0 Å². The van der Waals surface area contributed by atoms with Crippen LogP contribution in [-0.4, -0.2) is 34.8 Å². The van der Waals surface area contributed by atoms with E-state index in [0.29, 0.717) is 15.7 Å². The first kappa shape index (κ1) is 25.6. The number of anilines is 2. The maximum Gasteiger partial charge on any atom is 0.257 e. The van der Waals surface area contributed by atoms with Gasteiger partial charge in [0, 0.05) is 27.4 Å². The Hall–Kier alpha value is -3.01. The summed E-state index contributed by atoms with van der Waals surface area (Å²) in [6, 6.07) is 12.9. The van der Waals surface area contributed by atoms with E-state index in [1.165, 1.54) is 62.8 Å². The highest BCUT2D eigenvalue weighted by Gasteiger charge is 2.27. The van der Waals surface area contributed by atoms with Gasteiger partial charge in [-0.3, -0.25) is 9.10 Å². The van der Waals surface area contributed by atoms with Crippen LogP contribution in [0.3, 0.4) is 0 Å². The van der Waals surface area contributed by atoms with Gasteiger partial charge in [0.1, 0.15) is 5.82 Å². The lowest BCUT2D eigenvalue weighted by Crippen LogP contribution is -2.32. The Bertz CT molecular complexity index is 1310. The summed E-state index contributed by atoms with van der Waals surface area (Å²) in [6.45, 7) is -0.357. The lowest BCUT2D eigenvalue weighted by molar-refractivity contribution is 0.102. The molecule has 0 aliphatic rings. The average Bonchev–Trinajstić information content (AvgIpc) is 2.76. The summed E-state index contributed by atoms with van der Waals surface area (Å²) >= 11 is 12.0. The van der Waals surface area contributed by atoms with E-state index in [4.69, 9.17) is 32.7 Å². The van der Waals surface area contributed by atoms with Crippen LogP contribution in [0, 0.1) is 5.82 Å². The fourth-order valence-corrected chi connectivity index (χ4v) is 4.65. The van der Waals surface area contributed by atoms with Crippen LogP contribution in [0.15, 0.2) is 54.6 Å². The lowest BCUT2D eigenvalue weighted by Gasteiger charge is -2.26. The van der Waals surface area contributed by atoms with E-state index in [0.717, 1.165) is 10.6 Å². The van der Waals surface area contributed by atoms with Crippen LogP contribution in [0.2, 0.25) is 10.0 Å². The lowest BCUT2D eigenvalue weighted by atomic mass is 10.1. The number of ether oxygens (including phenoxy) is 2. The highest BCUT2D eigenvalue weighted by Crippen LogP contribution is 2.37. The predicted molar refractivity (Wildman–Crippen MR) is 131 cm³/mol. The molecule has 0 aliphatic heterocycles. The molecule has 1 N–H and O–H groups in total. The first-order chi connectivity index (χ1) is 16.0. The Kier molecular flexibility index (Phi) is 7.91. The second kappa shape index (κ2) is 10.5. The van der Waals surface area contributed by atoms with Gasteiger partial charge < -0.3 is 14.8 Å². The monoisotopic (exact) mass is 526 g/mol. The van der Waals surface area contributed by atoms with Crippen LogP contribution in [0.5, 0.6) is 11.5 Å². The van der Waals surface area contributed by atoms with Gasteiger partial charge in [-0.15, -0.1) is 0 Å². The minimum Gasteiger partial charge on any atom is -0.493 e. The maximum atomic E-state index is 14.4. The Morgan fingerprint density at radius 1 is 1.00 bits per heavy atom. The Labute approximate surface area is 207 Å². The van der Waals surface area contributed by atoms with Crippen LogP contribution < -0.4 is 19.1 Å². The number of rotatable bonds is 8. The molecule has 3 aromatic rings. The molecular formula is C23H21Cl2FN2O5S. The molecule has 0 radical (unpaired) electrons. The third-order valence-electron chi connectivity index (χ3n) is 4.81. The molecule has 0 unspecified atom stereocenters. The van der Waals surface area contributed by atoms with E-state index in [2.05, 4.69) is 5.32 Å². The van der Waals surface area contributed by atoms with Crippen molar-refractivity contribution in [3.8, 4) is 11.5 Å². The van der Waals surface area contributed by atoms with E-state index >= 15 is 0 Å². The first-order valence-corrected chi connectivity index (χ1v) is 12.4. The number of halogens is 3. The van der Waals surface area contributed by atoms with Crippen LogP contribution in [0.25, 0.3) is 0 Å². The van der Waals surface area contributed by atoms with Gasteiger partial charge in [-0.1, -0.05) is 41.4 Å². The van der Waals surface area contributed by atoms with E-state index in [-0.39, 0.29) is 34.9 Å². The van der Waals surface area contributed by atoms with Gasteiger partial charge >= 0.3 is 0 Å². The van der Waals surface area contributed by atoms with Gasteiger partial charge in [0.25, 0.3) is 5.91 Å². The number of carbonyl (C=O) groups excluding carboxylic acids is 1. The fraction of sp³-hybridized carbons (Fsp3) is 0.174. The number of hydrogen-bond donors (Lipinski definition) is 1. The number of methoxy groups -OCH3 is 2. The summed E-state index contributed by atoms with van der Waals surface area (Å²) in [7, 11) is -1.22. The number of sulfonamides is 1. The molecule has 3 rings (SSSR count). The Balaban J connectivity index is 2.16. The third kappa shape index (κ3) is 5.91. The van der Waals surface area contributed by atoms with E-state index < -0.39 is 21.7 Å². The van der Waals surface area contributed by atoms with Crippen molar-refractivity contribution in [2.45, 2.75) is 6.54 Å². The quantitative estimate of drug-likeness (QED) is 0.426. The molecule has 0 bridgehead atoms. The molecule has 34 heavy (non-hydrogen) atoms. The zero-order chi connectivity index (χ0) is 25.0. The Morgan fingerprint density at radius 3 is 2.15 bits per heavy atom. The Morgan fingerprint density at radius 2 is 1.59 bits per heavy atom. The van der Waals surface area contributed by atoms with Gasteiger partial charge in [0.05, 0.1) is 38.3 Å². The molecule has 0 atom stereocenters. The van der Waals surface area contributed by atoms with Crippen molar-refractivity contribution in [1.82, 2.24) is 0 Å². The van der Waals surface area contributed by atoms with Crippen molar-refractivity contribution < 1.29 is 27.1 Å². The number of nitrogens with one attached hydrogen (secondary N) is 1. The molecule has 0 spiro atoms. The zero-order valence-electron chi connectivity index (χ0n) is 18.4. The molecule has 3 aromatic carbocycles. The SMILES string of the molecule is COc1cc(C(=O)Nc2cc(Cl)cc(Cl)c2)c(N(Cc2ccccc2F)S(C)(=O)=O)cc1OC. The van der Waals surface area contributed by atoms with E-state index in [1.807, 2.05) is 0 Å². The molecule has 0 aliphatic carbocycles. The smallest absolute Gasteiger partial charge is 0.257 e. The molecule has 7 nitrogen and oxygen atoms in total. The number of hydrogen-bond acceptors (Lipinski definition) is 5. The summed E-state index contributed by atoms with van der Waals surface area (Å²) in [5, 5.41) is 3.25. The minimum atomic E-state index is -3.97. The normalized spacial score (nSPS) is 11.1. The van der Waals surface area contributed by atoms with Crippen molar-refractivity contribution in [2.24, 2.45) is 0 Å². The molecule has 11 heteroatoms. The molecule has 0 fully saturated rings. The zero-order valence-corrected chi connectivity index (χ0v) is 20.8. The number of amides is 1. The second-order valence-corrected chi connectivity index (χ2v) is 9.98. The van der Waals surface area contributed by atoms with Crippen molar-refractivity contribution >= 4 is 50.5 Å². The van der Waals surface area contributed by atoms with E-state index in [1.54, 1.807) is 6.07 Å². The molecule has 0 saturated carbocycles. The summed E-state index contributed by atoms with van der Waals surface area (Å²) in [4.78, 5) is 13.3. The summed E-state index contributed by atoms with van der Waals surface area (Å²) in [5.74, 6) is -0.880. The van der Waals surface area contributed by atoms with Gasteiger partial charge in [-0.25, -0.2) is 12.8 Å². The van der Waals surface area contributed by atoms with E-state index in [9.17, 15) is 17.6 Å². The molecule has 1 amide bonds. The number of carbonyl (C=O) groups is 1. The third-order valence-corrected chi connectivity index (χ3v) is 6.37. The van der Waals surface area contributed by atoms with Gasteiger partial charge in [-0.05, 0) is 30.3 Å². The molecule has 180 valence electrons. The first-order valence-electron chi connectivity index (χ1n) is 9.78. The number of nitrogens with zero attached hydrogens (tertiary/aromatic N) is 1. The minimum absolute atomic E-state index is 0.0333. The highest BCUT2D eigenvalue weighted by atomic mass is 35.5. The van der Waals surface area contributed by atoms with Crippen LogP contribution in [-0.2, 0) is 16.6 Å². The van der Waals surface area contributed by atoms with Crippen molar-refractivity contribution in [3.63, 3.8) is 0 Å². The summed E-state index contributed by atoms with van der Waals surface area (Å²) < 4.78 is 51.5. The average molecular weight is 527 g/mol. The number of benzene rings is 3. The summed E-state index contributed by atoms with van der Waals surface area (Å²) in [5.41, 5.74) is 0.323. The fourth-order valence-electron chi connectivity index (χ4n) is 3.24.